The lowest BCUT2D eigenvalue weighted by atomic mass is 9.80. The van der Waals surface area contributed by atoms with Crippen LogP contribution in [0.4, 0.5) is 11.5 Å². The topological polar surface area (TPSA) is 71.7 Å². The van der Waals surface area contributed by atoms with Crippen molar-refractivity contribution in [2.45, 2.75) is 24.9 Å². The molecule has 2 aliphatic heterocycles. The van der Waals surface area contributed by atoms with Gasteiger partial charge in [-0.3, -0.25) is 4.79 Å². The number of anilines is 2. The van der Waals surface area contributed by atoms with Gasteiger partial charge in [-0.15, -0.1) is 0 Å². The summed E-state index contributed by atoms with van der Waals surface area (Å²) < 4.78 is 5.28. The van der Waals surface area contributed by atoms with Crippen molar-refractivity contribution in [2.75, 3.05) is 30.8 Å². The van der Waals surface area contributed by atoms with Gasteiger partial charge in [0.15, 0.2) is 0 Å². The van der Waals surface area contributed by atoms with Crippen molar-refractivity contribution >= 4 is 17.4 Å². The van der Waals surface area contributed by atoms with Crippen LogP contribution in [0.3, 0.4) is 0 Å². The molecule has 0 saturated carbocycles. The number of benzene rings is 2. The summed E-state index contributed by atoms with van der Waals surface area (Å²) in [6.07, 6.45) is 3.45. The normalized spacial score (nSPS) is 17.1. The second-order valence-corrected chi connectivity index (χ2v) is 8.25. The van der Waals surface area contributed by atoms with Crippen LogP contribution in [0.5, 0.6) is 5.75 Å². The number of nitrogens with zero attached hydrogens (tertiary/aromatic N) is 3. The first-order chi connectivity index (χ1) is 15.1. The first-order valence-electron chi connectivity index (χ1n) is 10.6. The van der Waals surface area contributed by atoms with Crippen LogP contribution in [0.15, 0.2) is 66.9 Å². The van der Waals surface area contributed by atoms with Crippen LogP contribution < -0.4 is 15.4 Å². The number of aromatic nitrogens is 1. The first kappa shape index (κ1) is 19.4. The Morgan fingerprint density at radius 1 is 1.06 bits per heavy atom. The molecule has 31 heavy (non-hydrogen) atoms. The standard InChI is InChI=1S/C25H26N4O2/c1-31-20-8-6-18(7-9-20)17-29-24(30)21-4-2-3-5-22(21)25(29)11-14-28(15-12-25)23-16-19(26)10-13-27-23/h2-10,13,16H,11-12,14-15,17H2,1H3,(H2,26,27). The number of methoxy groups -OCH3 is 1. The third-order valence-electron chi connectivity index (χ3n) is 6.60. The van der Waals surface area contributed by atoms with Gasteiger partial charge >= 0.3 is 0 Å². The minimum Gasteiger partial charge on any atom is -0.497 e. The Morgan fingerprint density at radius 2 is 1.81 bits per heavy atom. The van der Waals surface area contributed by atoms with E-state index in [0.717, 1.165) is 54.2 Å². The van der Waals surface area contributed by atoms with E-state index in [-0.39, 0.29) is 11.4 Å². The Labute approximate surface area is 182 Å². The van der Waals surface area contributed by atoms with Gasteiger partial charge in [-0.25, -0.2) is 4.98 Å². The molecule has 6 nitrogen and oxygen atoms in total. The molecule has 1 fully saturated rings. The molecule has 0 atom stereocenters. The first-order valence-corrected chi connectivity index (χ1v) is 10.6. The molecule has 2 aromatic carbocycles. The second kappa shape index (κ2) is 7.61. The lowest BCUT2D eigenvalue weighted by molar-refractivity contribution is 0.0434. The Kier molecular flexibility index (Phi) is 4.77. The van der Waals surface area contributed by atoms with Crippen molar-refractivity contribution in [3.05, 3.63) is 83.6 Å². The summed E-state index contributed by atoms with van der Waals surface area (Å²) in [6.45, 7) is 2.21. The number of fused-ring (bicyclic) bond motifs is 2. The molecule has 2 N–H and O–H groups in total. The molecule has 5 rings (SSSR count). The van der Waals surface area contributed by atoms with E-state index >= 15 is 0 Å². The van der Waals surface area contributed by atoms with E-state index in [1.807, 2.05) is 48.5 Å². The van der Waals surface area contributed by atoms with E-state index in [2.05, 4.69) is 20.9 Å². The highest BCUT2D eigenvalue weighted by Gasteiger charge is 2.50. The number of amides is 1. The predicted octanol–water partition coefficient (Wildman–Crippen LogP) is 3.82. The number of ether oxygens (including phenoxy) is 1. The fourth-order valence-electron chi connectivity index (χ4n) is 4.95. The number of rotatable bonds is 4. The van der Waals surface area contributed by atoms with Gasteiger partial charge in [0, 0.05) is 43.1 Å². The maximum atomic E-state index is 13.5. The van der Waals surface area contributed by atoms with Gasteiger partial charge in [0.1, 0.15) is 11.6 Å². The highest BCUT2D eigenvalue weighted by molar-refractivity contribution is 6.00. The largest absolute Gasteiger partial charge is 0.497 e. The zero-order valence-corrected chi connectivity index (χ0v) is 17.6. The summed E-state index contributed by atoms with van der Waals surface area (Å²) in [5.41, 5.74) is 9.45. The van der Waals surface area contributed by atoms with E-state index < -0.39 is 0 Å². The van der Waals surface area contributed by atoms with Crippen molar-refractivity contribution in [1.29, 1.82) is 0 Å². The van der Waals surface area contributed by atoms with E-state index in [4.69, 9.17) is 10.5 Å². The maximum absolute atomic E-state index is 13.5. The zero-order chi connectivity index (χ0) is 21.4. The molecule has 1 spiro atoms. The molecule has 6 heteroatoms. The zero-order valence-electron chi connectivity index (χ0n) is 17.6. The fourth-order valence-corrected chi connectivity index (χ4v) is 4.95. The lowest BCUT2D eigenvalue weighted by Crippen LogP contribution is -2.51. The molecule has 0 aliphatic carbocycles. The minimum atomic E-state index is -0.301. The molecule has 2 aliphatic rings. The molecule has 0 bridgehead atoms. The van der Waals surface area contributed by atoms with Crippen LogP contribution in [-0.2, 0) is 12.1 Å². The number of hydrogen-bond donors (Lipinski definition) is 1. The van der Waals surface area contributed by atoms with E-state index in [1.165, 1.54) is 0 Å². The molecular weight excluding hydrogens is 388 g/mol. The summed E-state index contributed by atoms with van der Waals surface area (Å²) in [5.74, 6) is 1.83. The van der Waals surface area contributed by atoms with E-state index in [9.17, 15) is 4.79 Å². The Balaban J connectivity index is 1.46. The summed E-state index contributed by atoms with van der Waals surface area (Å²) in [6, 6.07) is 19.8. The molecule has 3 heterocycles. The lowest BCUT2D eigenvalue weighted by Gasteiger charge is -2.46. The molecule has 0 radical (unpaired) electrons. The van der Waals surface area contributed by atoms with Gasteiger partial charge in [0.25, 0.3) is 5.91 Å². The van der Waals surface area contributed by atoms with Gasteiger partial charge in [0.05, 0.1) is 12.6 Å². The van der Waals surface area contributed by atoms with Crippen LogP contribution in [0, 0.1) is 0 Å². The number of piperidine rings is 1. The van der Waals surface area contributed by atoms with Crippen molar-refractivity contribution in [3.63, 3.8) is 0 Å². The number of nitrogen functional groups attached to an aromatic ring is 1. The van der Waals surface area contributed by atoms with Crippen LogP contribution in [0.25, 0.3) is 0 Å². The molecule has 1 aromatic heterocycles. The van der Waals surface area contributed by atoms with Crippen molar-refractivity contribution < 1.29 is 9.53 Å². The number of carbonyl (C=O) groups excluding carboxylic acids is 1. The van der Waals surface area contributed by atoms with Crippen molar-refractivity contribution in [1.82, 2.24) is 9.88 Å². The van der Waals surface area contributed by atoms with Gasteiger partial charge in [-0.2, -0.15) is 0 Å². The number of nitrogens with two attached hydrogens (primary N) is 1. The molecular formula is C25H26N4O2. The molecule has 1 saturated heterocycles. The minimum absolute atomic E-state index is 0.113. The highest BCUT2D eigenvalue weighted by atomic mass is 16.5. The average molecular weight is 415 g/mol. The number of hydrogen-bond acceptors (Lipinski definition) is 5. The van der Waals surface area contributed by atoms with E-state index in [1.54, 1.807) is 19.4 Å². The van der Waals surface area contributed by atoms with Gasteiger partial charge < -0.3 is 20.3 Å². The monoisotopic (exact) mass is 414 g/mol. The number of pyridine rings is 1. The third kappa shape index (κ3) is 3.28. The van der Waals surface area contributed by atoms with Gasteiger partial charge in [0.2, 0.25) is 0 Å². The Morgan fingerprint density at radius 3 is 2.52 bits per heavy atom. The quantitative estimate of drug-likeness (QED) is 0.703. The maximum Gasteiger partial charge on any atom is 0.255 e. The Bertz CT molecular complexity index is 1100. The van der Waals surface area contributed by atoms with Crippen LogP contribution in [0.2, 0.25) is 0 Å². The molecule has 3 aromatic rings. The smallest absolute Gasteiger partial charge is 0.255 e. The summed E-state index contributed by atoms with van der Waals surface area (Å²) in [5, 5.41) is 0. The summed E-state index contributed by atoms with van der Waals surface area (Å²) in [4.78, 5) is 22.3. The summed E-state index contributed by atoms with van der Waals surface area (Å²) >= 11 is 0. The van der Waals surface area contributed by atoms with E-state index in [0.29, 0.717) is 12.2 Å². The predicted molar refractivity (Wildman–Crippen MR) is 121 cm³/mol. The van der Waals surface area contributed by atoms with Crippen LogP contribution >= 0.6 is 0 Å². The molecule has 158 valence electrons. The van der Waals surface area contributed by atoms with Crippen molar-refractivity contribution in [2.24, 2.45) is 0 Å². The molecule has 1 amide bonds. The van der Waals surface area contributed by atoms with Gasteiger partial charge in [-0.05, 0) is 48.2 Å². The SMILES string of the molecule is COc1ccc(CN2C(=O)c3ccccc3C23CCN(c2cc(N)ccn2)CC3)cc1. The Hall–Kier alpha value is -3.54. The van der Waals surface area contributed by atoms with Gasteiger partial charge in [-0.1, -0.05) is 30.3 Å². The van der Waals surface area contributed by atoms with Crippen molar-refractivity contribution in [3.8, 4) is 5.75 Å². The summed E-state index contributed by atoms with van der Waals surface area (Å²) in [7, 11) is 1.66. The fraction of sp³-hybridized carbons (Fsp3) is 0.280. The second-order valence-electron chi connectivity index (χ2n) is 8.25. The molecule has 0 unspecified atom stereocenters. The average Bonchev–Trinajstić information content (AvgIpc) is 3.03. The van der Waals surface area contributed by atoms with Crippen LogP contribution in [0.1, 0.15) is 34.3 Å². The van der Waals surface area contributed by atoms with Crippen LogP contribution in [-0.4, -0.2) is 36.0 Å². The highest BCUT2D eigenvalue weighted by Crippen LogP contribution is 2.47. The number of carbonyl (C=O) groups is 1. The third-order valence-corrected chi connectivity index (χ3v) is 6.60.